The fourth-order valence-corrected chi connectivity index (χ4v) is 1.11. The quantitative estimate of drug-likeness (QED) is 0.497. The largest absolute Gasteiger partial charge is 0.494 e. The maximum absolute atomic E-state index is 12.5. The van der Waals surface area contributed by atoms with E-state index in [0.29, 0.717) is 6.61 Å². The van der Waals surface area contributed by atoms with Gasteiger partial charge in [0.1, 0.15) is 11.6 Å². The van der Waals surface area contributed by atoms with Crippen molar-refractivity contribution in [2.45, 2.75) is 19.3 Å². The summed E-state index contributed by atoms with van der Waals surface area (Å²) in [6.45, 7) is 4.32. The third-order valence-corrected chi connectivity index (χ3v) is 1.88. The Morgan fingerprint density at radius 3 is 2.57 bits per heavy atom. The second-order valence-electron chi connectivity index (χ2n) is 3.09. The van der Waals surface area contributed by atoms with Gasteiger partial charge in [0.2, 0.25) is 0 Å². The van der Waals surface area contributed by atoms with Gasteiger partial charge in [-0.1, -0.05) is 6.08 Å². The molecule has 1 aromatic carbocycles. The first-order chi connectivity index (χ1) is 6.83. The number of unbranched alkanes of at least 4 members (excludes halogenated alkanes) is 2. The molecule has 0 radical (unpaired) electrons. The van der Waals surface area contributed by atoms with Gasteiger partial charge in [0.25, 0.3) is 0 Å². The Morgan fingerprint density at radius 2 is 1.93 bits per heavy atom. The van der Waals surface area contributed by atoms with Crippen LogP contribution in [0.15, 0.2) is 36.9 Å². The van der Waals surface area contributed by atoms with Crippen molar-refractivity contribution in [3.05, 3.63) is 42.7 Å². The third-order valence-electron chi connectivity index (χ3n) is 1.88. The zero-order valence-electron chi connectivity index (χ0n) is 8.21. The van der Waals surface area contributed by atoms with Crippen LogP contribution in [0.5, 0.6) is 5.75 Å². The summed E-state index contributed by atoms with van der Waals surface area (Å²) in [6, 6.07) is 6.09. The second kappa shape index (κ2) is 6.19. The van der Waals surface area contributed by atoms with E-state index in [9.17, 15) is 4.39 Å². The number of hydrogen-bond donors (Lipinski definition) is 0. The molecule has 0 aromatic heterocycles. The first kappa shape index (κ1) is 10.8. The van der Waals surface area contributed by atoms with Crippen LogP contribution in [0.1, 0.15) is 19.3 Å². The lowest BCUT2D eigenvalue weighted by Gasteiger charge is -2.04. The molecular formula is C12H15FO. The molecule has 2 heteroatoms. The van der Waals surface area contributed by atoms with Gasteiger partial charge in [-0.25, -0.2) is 4.39 Å². The van der Waals surface area contributed by atoms with Crippen molar-refractivity contribution >= 4 is 0 Å². The van der Waals surface area contributed by atoms with Crippen molar-refractivity contribution in [1.82, 2.24) is 0 Å². The SMILES string of the molecule is C=CCCCCOc1ccc(F)cc1. The van der Waals surface area contributed by atoms with E-state index in [0.717, 1.165) is 25.0 Å². The Bertz CT molecular complexity index is 266. The smallest absolute Gasteiger partial charge is 0.123 e. The van der Waals surface area contributed by atoms with Crippen molar-refractivity contribution in [1.29, 1.82) is 0 Å². The Labute approximate surface area is 84.2 Å². The first-order valence-electron chi connectivity index (χ1n) is 4.82. The fourth-order valence-electron chi connectivity index (χ4n) is 1.11. The molecule has 0 aliphatic carbocycles. The molecule has 0 amide bonds. The van der Waals surface area contributed by atoms with Gasteiger partial charge in [0.15, 0.2) is 0 Å². The van der Waals surface area contributed by atoms with Crippen LogP contribution >= 0.6 is 0 Å². The standard InChI is InChI=1S/C12H15FO/c1-2-3-4-5-10-14-12-8-6-11(13)7-9-12/h2,6-9H,1,3-5,10H2. The third kappa shape index (κ3) is 4.08. The summed E-state index contributed by atoms with van der Waals surface area (Å²) in [5.41, 5.74) is 0. The molecule has 76 valence electrons. The predicted molar refractivity (Wildman–Crippen MR) is 55.9 cm³/mol. The van der Waals surface area contributed by atoms with E-state index >= 15 is 0 Å². The van der Waals surface area contributed by atoms with Crippen molar-refractivity contribution in [2.24, 2.45) is 0 Å². The first-order valence-corrected chi connectivity index (χ1v) is 4.82. The molecule has 1 nitrogen and oxygen atoms in total. The fraction of sp³-hybridized carbons (Fsp3) is 0.333. The van der Waals surface area contributed by atoms with E-state index in [1.54, 1.807) is 12.1 Å². The Hall–Kier alpha value is -1.31. The monoisotopic (exact) mass is 194 g/mol. The summed E-state index contributed by atoms with van der Waals surface area (Å²) < 4.78 is 17.9. The van der Waals surface area contributed by atoms with Gasteiger partial charge in [-0.3, -0.25) is 0 Å². The minimum Gasteiger partial charge on any atom is -0.494 e. The molecule has 0 saturated heterocycles. The highest BCUT2D eigenvalue weighted by molar-refractivity contribution is 5.21. The molecule has 0 unspecified atom stereocenters. The van der Waals surface area contributed by atoms with Crippen molar-refractivity contribution in [3.63, 3.8) is 0 Å². The molecule has 0 aliphatic rings. The van der Waals surface area contributed by atoms with Gasteiger partial charge in [-0.15, -0.1) is 6.58 Å². The molecule has 1 rings (SSSR count). The summed E-state index contributed by atoms with van der Waals surface area (Å²) in [5, 5.41) is 0. The number of allylic oxidation sites excluding steroid dienone is 1. The Morgan fingerprint density at radius 1 is 1.21 bits per heavy atom. The number of hydrogen-bond acceptors (Lipinski definition) is 1. The van der Waals surface area contributed by atoms with E-state index in [1.807, 2.05) is 6.08 Å². The van der Waals surface area contributed by atoms with Crippen LogP contribution in [0.4, 0.5) is 4.39 Å². The van der Waals surface area contributed by atoms with Crippen molar-refractivity contribution in [2.75, 3.05) is 6.61 Å². The lowest BCUT2D eigenvalue weighted by Crippen LogP contribution is -1.96. The molecule has 0 aliphatic heterocycles. The van der Waals surface area contributed by atoms with Crippen LogP contribution in [-0.2, 0) is 0 Å². The molecule has 0 N–H and O–H groups in total. The molecule has 0 spiro atoms. The van der Waals surface area contributed by atoms with E-state index in [-0.39, 0.29) is 5.82 Å². The lowest BCUT2D eigenvalue weighted by atomic mass is 10.2. The minimum absolute atomic E-state index is 0.232. The highest BCUT2D eigenvalue weighted by Gasteiger charge is 1.93. The second-order valence-corrected chi connectivity index (χ2v) is 3.09. The lowest BCUT2D eigenvalue weighted by molar-refractivity contribution is 0.307. The molecule has 0 saturated carbocycles. The number of ether oxygens (including phenoxy) is 1. The van der Waals surface area contributed by atoms with Crippen LogP contribution in [0.3, 0.4) is 0 Å². The zero-order chi connectivity index (χ0) is 10.2. The highest BCUT2D eigenvalue weighted by atomic mass is 19.1. The number of rotatable bonds is 6. The van der Waals surface area contributed by atoms with Crippen molar-refractivity contribution < 1.29 is 9.13 Å². The average Bonchev–Trinajstić information content (AvgIpc) is 2.21. The summed E-state index contributed by atoms with van der Waals surface area (Å²) in [5.74, 6) is 0.494. The predicted octanol–water partition coefficient (Wildman–Crippen LogP) is 3.56. The molecular weight excluding hydrogens is 179 g/mol. The summed E-state index contributed by atoms with van der Waals surface area (Å²) in [6.07, 6.45) is 5.01. The van der Waals surface area contributed by atoms with Gasteiger partial charge >= 0.3 is 0 Å². The average molecular weight is 194 g/mol. The number of halogens is 1. The van der Waals surface area contributed by atoms with Crippen LogP contribution in [0.25, 0.3) is 0 Å². The van der Waals surface area contributed by atoms with Crippen LogP contribution < -0.4 is 4.74 Å². The van der Waals surface area contributed by atoms with Gasteiger partial charge in [-0.05, 0) is 43.5 Å². The molecule has 0 fully saturated rings. The van der Waals surface area contributed by atoms with Crippen molar-refractivity contribution in [3.8, 4) is 5.75 Å². The Balaban J connectivity index is 2.18. The molecule has 14 heavy (non-hydrogen) atoms. The van der Waals surface area contributed by atoms with E-state index < -0.39 is 0 Å². The maximum Gasteiger partial charge on any atom is 0.123 e. The molecule has 1 aromatic rings. The minimum atomic E-state index is -0.232. The molecule has 0 bridgehead atoms. The van der Waals surface area contributed by atoms with Gasteiger partial charge in [0, 0.05) is 0 Å². The summed E-state index contributed by atoms with van der Waals surface area (Å²) in [7, 11) is 0. The maximum atomic E-state index is 12.5. The summed E-state index contributed by atoms with van der Waals surface area (Å²) in [4.78, 5) is 0. The van der Waals surface area contributed by atoms with Gasteiger partial charge in [0.05, 0.1) is 6.61 Å². The zero-order valence-corrected chi connectivity index (χ0v) is 8.21. The van der Waals surface area contributed by atoms with Gasteiger partial charge < -0.3 is 4.74 Å². The molecule has 0 heterocycles. The van der Waals surface area contributed by atoms with Crippen LogP contribution in [-0.4, -0.2) is 6.61 Å². The number of benzene rings is 1. The van der Waals surface area contributed by atoms with E-state index in [4.69, 9.17) is 4.74 Å². The van der Waals surface area contributed by atoms with Gasteiger partial charge in [-0.2, -0.15) is 0 Å². The highest BCUT2D eigenvalue weighted by Crippen LogP contribution is 2.11. The van der Waals surface area contributed by atoms with Crippen LogP contribution in [0, 0.1) is 5.82 Å². The van der Waals surface area contributed by atoms with E-state index in [1.165, 1.54) is 12.1 Å². The van der Waals surface area contributed by atoms with E-state index in [2.05, 4.69) is 6.58 Å². The van der Waals surface area contributed by atoms with Crippen LogP contribution in [0.2, 0.25) is 0 Å². The Kier molecular flexibility index (Phi) is 4.76. The topological polar surface area (TPSA) is 9.23 Å². The normalized spacial score (nSPS) is 9.79. The molecule has 0 atom stereocenters. The summed E-state index contributed by atoms with van der Waals surface area (Å²) >= 11 is 0.